The van der Waals surface area contributed by atoms with Gasteiger partial charge in [0, 0.05) is 0 Å². The number of nitrogens with zero attached hydrogens (tertiary/aromatic N) is 6. The van der Waals surface area contributed by atoms with E-state index in [0.717, 1.165) is 0 Å². The first-order valence-corrected chi connectivity index (χ1v) is 3.67. The van der Waals surface area contributed by atoms with Crippen molar-refractivity contribution in [2.45, 2.75) is 0 Å². The van der Waals surface area contributed by atoms with Gasteiger partial charge in [-0.15, -0.1) is 0 Å². The lowest BCUT2D eigenvalue weighted by Crippen LogP contribution is -2.26. The lowest BCUT2D eigenvalue weighted by atomic mass is 10.9. The van der Waals surface area contributed by atoms with Crippen LogP contribution in [-0.4, -0.2) is 23.8 Å². The summed E-state index contributed by atoms with van der Waals surface area (Å²) in [5, 5.41) is 12.7. The first-order chi connectivity index (χ1) is 7.41. The van der Waals surface area contributed by atoms with Crippen molar-refractivity contribution in [3.8, 4) is 0 Å². The van der Waals surface area contributed by atoms with Crippen molar-refractivity contribution >= 4 is 23.8 Å². The number of rotatable bonds is 2. The molecule has 0 atom stereocenters. The topological polar surface area (TPSA) is 230 Å². The molecule has 0 aliphatic heterocycles. The SMILES string of the molecule is NC(N)=NC(N)=NN=NN=C(N)N=C(N)N. The molecule has 0 amide bonds. The molecule has 0 saturated heterocycles. The summed E-state index contributed by atoms with van der Waals surface area (Å²) in [6.07, 6.45) is 0. The smallest absolute Gasteiger partial charge is 0.245 e. The van der Waals surface area contributed by atoms with Gasteiger partial charge in [-0.25, -0.2) is 0 Å². The molecule has 0 saturated carbocycles. The molecule has 12 nitrogen and oxygen atoms in total. The second-order valence-electron chi connectivity index (χ2n) is 2.17. The van der Waals surface area contributed by atoms with Gasteiger partial charge in [0.15, 0.2) is 11.9 Å². The van der Waals surface area contributed by atoms with E-state index in [9.17, 15) is 0 Å². The summed E-state index contributed by atoms with van der Waals surface area (Å²) < 4.78 is 0. The molecule has 0 aliphatic rings. The lowest BCUT2D eigenvalue weighted by molar-refractivity contribution is 0.944. The number of nitrogens with two attached hydrogens (primary N) is 6. The molecule has 0 aromatic carbocycles. The summed E-state index contributed by atoms with van der Waals surface area (Å²) in [6.45, 7) is 0. The van der Waals surface area contributed by atoms with Gasteiger partial charge in [0.05, 0.1) is 0 Å². The van der Waals surface area contributed by atoms with E-state index in [1.807, 2.05) is 0 Å². The van der Waals surface area contributed by atoms with Crippen molar-refractivity contribution < 1.29 is 0 Å². The Morgan fingerprint density at radius 2 is 0.875 bits per heavy atom. The van der Waals surface area contributed by atoms with E-state index in [-0.39, 0.29) is 23.8 Å². The first kappa shape index (κ1) is 13.1. The Morgan fingerprint density at radius 3 is 1.12 bits per heavy atom. The van der Waals surface area contributed by atoms with Crippen LogP contribution in [0.15, 0.2) is 30.6 Å². The molecule has 0 heterocycles. The van der Waals surface area contributed by atoms with Gasteiger partial charge in [-0.1, -0.05) is 10.2 Å². The standard InChI is InChI=1S/C4H12N12/c5-1(6)11-3(9)13-15-16-14-4(10)12-2(7)8/h(H6,5,6,9,11,13,16)(H6,7,8,10,12,14,15). The average molecular weight is 228 g/mol. The lowest BCUT2D eigenvalue weighted by Gasteiger charge is -1.89. The highest BCUT2D eigenvalue weighted by molar-refractivity contribution is 5.92. The molecule has 0 fully saturated rings. The van der Waals surface area contributed by atoms with Gasteiger partial charge in [-0.05, 0) is 10.4 Å². The second-order valence-corrected chi connectivity index (χ2v) is 2.17. The highest BCUT2D eigenvalue weighted by Crippen LogP contribution is 1.82. The summed E-state index contributed by atoms with van der Waals surface area (Å²) in [4.78, 5) is 6.68. The number of hydrogen-bond acceptors (Lipinski definition) is 2. The molecule has 16 heavy (non-hydrogen) atoms. The molecule has 0 spiro atoms. The average Bonchev–Trinajstić information content (AvgIpc) is 2.10. The molecule has 0 rings (SSSR count). The molecular weight excluding hydrogens is 216 g/mol. The van der Waals surface area contributed by atoms with E-state index < -0.39 is 0 Å². The molecule has 12 heteroatoms. The summed E-state index contributed by atoms with van der Waals surface area (Å²) in [6, 6.07) is 0. The maximum absolute atomic E-state index is 5.17. The van der Waals surface area contributed by atoms with E-state index in [4.69, 9.17) is 34.4 Å². The minimum Gasteiger partial charge on any atom is -0.370 e. The summed E-state index contributed by atoms with van der Waals surface area (Å²) in [5.41, 5.74) is 30.4. The summed E-state index contributed by atoms with van der Waals surface area (Å²) in [5.74, 6) is -1.11. The van der Waals surface area contributed by atoms with Crippen LogP contribution in [-0.2, 0) is 0 Å². The normalized spacial score (nSPS) is 12.5. The maximum Gasteiger partial charge on any atom is 0.245 e. The zero-order chi connectivity index (χ0) is 12.6. The molecular formula is C4H12N12. The number of hydrogen-bond donors (Lipinski definition) is 6. The van der Waals surface area contributed by atoms with Crippen LogP contribution in [0.5, 0.6) is 0 Å². The molecule has 0 bridgehead atoms. The minimum atomic E-state index is -0.292. The van der Waals surface area contributed by atoms with Gasteiger partial charge in [-0.2, -0.15) is 9.98 Å². The van der Waals surface area contributed by atoms with Crippen molar-refractivity contribution in [2.24, 2.45) is 65.0 Å². The van der Waals surface area contributed by atoms with E-state index in [2.05, 4.69) is 30.6 Å². The quantitative estimate of drug-likeness (QED) is 0.121. The van der Waals surface area contributed by atoms with Crippen LogP contribution in [0.25, 0.3) is 0 Å². The van der Waals surface area contributed by atoms with E-state index in [1.54, 1.807) is 0 Å². The van der Waals surface area contributed by atoms with Crippen LogP contribution in [0.4, 0.5) is 0 Å². The second kappa shape index (κ2) is 6.52. The zero-order valence-corrected chi connectivity index (χ0v) is 8.15. The van der Waals surface area contributed by atoms with Crippen LogP contribution >= 0.6 is 0 Å². The van der Waals surface area contributed by atoms with Crippen LogP contribution in [0.2, 0.25) is 0 Å². The zero-order valence-electron chi connectivity index (χ0n) is 8.15. The number of aliphatic imine (C=N–C) groups is 2. The fourth-order valence-electron chi connectivity index (χ4n) is 0.441. The molecule has 12 N–H and O–H groups in total. The van der Waals surface area contributed by atoms with Gasteiger partial charge in [0.25, 0.3) is 0 Å². The fraction of sp³-hybridized carbons (Fsp3) is 0. The minimum absolute atomic E-state index is 0.264. The van der Waals surface area contributed by atoms with Crippen LogP contribution < -0.4 is 34.4 Å². The van der Waals surface area contributed by atoms with Crippen molar-refractivity contribution in [3.05, 3.63) is 0 Å². The first-order valence-electron chi connectivity index (χ1n) is 3.67. The Labute approximate surface area is 89.8 Å². The molecule has 0 unspecified atom stereocenters. The number of guanidine groups is 4. The molecule has 0 aliphatic carbocycles. The van der Waals surface area contributed by atoms with Gasteiger partial charge in [-0.3, -0.25) is 0 Å². The monoisotopic (exact) mass is 228 g/mol. The molecule has 0 aromatic rings. The highest BCUT2D eigenvalue weighted by atomic mass is 15.5. The maximum atomic E-state index is 5.17. The predicted octanol–water partition coefficient (Wildman–Crippen LogP) is -3.56. The van der Waals surface area contributed by atoms with Crippen LogP contribution in [0, 0.1) is 0 Å². The molecule has 88 valence electrons. The molecule has 0 aromatic heterocycles. The van der Waals surface area contributed by atoms with E-state index >= 15 is 0 Å². The van der Waals surface area contributed by atoms with Crippen LogP contribution in [0.3, 0.4) is 0 Å². The van der Waals surface area contributed by atoms with E-state index in [0.29, 0.717) is 0 Å². The Bertz CT molecular complexity index is 326. The predicted molar refractivity (Wildman–Crippen MR) is 59.7 cm³/mol. The van der Waals surface area contributed by atoms with Gasteiger partial charge in [0.2, 0.25) is 11.9 Å². The van der Waals surface area contributed by atoms with Gasteiger partial charge in [0.1, 0.15) is 0 Å². The Kier molecular flexibility index (Phi) is 5.33. The van der Waals surface area contributed by atoms with E-state index in [1.165, 1.54) is 0 Å². The van der Waals surface area contributed by atoms with Crippen molar-refractivity contribution in [1.82, 2.24) is 0 Å². The largest absolute Gasteiger partial charge is 0.370 e. The van der Waals surface area contributed by atoms with Crippen molar-refractivity contribution in [3.63, 3.8) is 0 Å². The summed E-state index contributed by atoms with van der Waals surface area (Å²) in [7, 11) is 0. The van der Waals surface area contributed by atoms with Crippen molar-refractivity contribution in [1.29, 1.82) is 0 Å². The van der Waals surface area contributed by atoms with Gasteiger partial charge >= 0.3 is 0 Å². The van der Waals surface area contributed by atoms with Crippen LogP contribution in [0.1, 0.15) is 0 Å². The highest BCUT2D eigenvalue weighted by Gasteiger charge is 1.87. The summed E-state index contributed by atoms with van der Waals surface area (Å²) >= 11 is 0. The third-order valence-electron chi connectivity index (χ3n) is 0.822. The Balaban J connectivity index is 4.43. The Hall–Kier alpha value is -2.92. The van der Waals surface area contributed by atoms with Crippen molar-refractivity contribution in [2.75, 3.05) is 0 Å². The van der Waals surface area contributed by atoms with Gasteiger partial charge < -0.3 is 34.4 Å². The third kappa shape index (κ3) is 7.71. The third-order valence-corrected chi connectivity index (χ3v) is 0.822. The fourth-order valence-corrected chi connectivity index (χ4v) is 0.441. The Morgan fingerprint density at radius 1 is 0.562 bits per heavy atom. The molecule has 0 radical (unpaired) electrons.